The molecule has 62 heavy (non-hydrogen) atoms. The van der Waals surface area contributed by atoms with Crippen LogP contribution in [0, 0.1) is 35.4 Å². The number of hydrogen-bond donors (Lipinski definition) is 0. The van der Waals surface area contributed by atoms with Crippen molar-refractivity contribution in [3.05, 3.63) is 205 Å². The second kappa shape index (κ2) is 16.1. The van der Waals surface area contributed by atoms with Gasteiger partial charge in [-0.25, -0.2) is 9.97 Å². The number of halogens is 4. The first-order chi connectivity index (χ1) is 29.6. The number of hydrogen-bond acceptors (Lipinski definition) is 4. The molecule has 10 rings (SSSR count). The molecule has 0 atom stereocenters. The van der Waals surface area contributed by atoms with E-state index >= 15 is 8.78 Å². The van der Waals surface area contributed by atoms with Crippen LogP contribution in [0.3, 0.4) is 0 Å². The van der Waals surface area contributed by atoms with Gasteiger partial charge in [0.25, 0.3) is 0 Å². The number of imidazole rings is 2. The first-order valence-corrected chi connectivity index (χ1v) is 19.5. The Labute approximate surface area is 368 Å². The summed E-state index contributed by atoms with van der Waals surface area (Å²) in [5.41, 5.74) is 6.04. The average molecular weight is 1000 g/mol. The predicted octanol–water partition coefficient (Wildman–Crippen LogP) is 12.3. The maximum atomic E-state index is 15.8. The second-order valence-corrected chi connectivity index (χ2v) is 15.1. The molecule has 10 aromatic rings. The van der Waals surface area contributed by atoms with Crippen LogP contribution in [0.5, 0.6) is 0 Å². The molecule has 304 valence electrons. The SMILES string of the molecule is CC(C)(c1cc(-n2c(-c3ccccc3)nc3ccccc32)cc(-c2[c-]cc(F)cc2F)n1)c1cc(-n2c(-c3ccccc3)nc3ccccc32)cc(-c2[c-]cc(F)cc2F)n1.[Pt+2]. The summed E-state index contributed by atoms with van der Waals surface area (Å²) in [5.74, 6) is -1.95. The van der Waals surface area contributed by atoms with Gasteiger partial charge in [0.2, 0.25) is 0 Å². The van der Waals surface area contributed by atoms with Crippen molar-refractivity contribution in [2.24, 2.45) is 0 Å². The molecule has 0 aliphatic carbocycles. The average Bonchev–Trinajstić information content (AvgIpc) is 3.86. The third kappa shape index (κ3) is 7.20. The summed E-state index contributed by atoms with van der Waals surface area (Å²) in [5, 5.41) is 0. The summed E-state index contributed by atoms with van der Waals surface area (Å²) >= 11 is 0. The van der Waals surface area contributed by atoms with Crippen LogP contribution < -0.4 is 0 Å². The van der Waals surface area contributed by atoms with Crippen LogP contribution in [0.4, 0.5) is 17.6 Å². The minimum atomic E-state index is -1.10. The van der Waals surface area contributed by atoms with Gasteiger partial charge in [0.05, 0.1) is 22.1 Å². The fourth-order valence-corrected chi connectivity index (χ4v) is 7.74. The van der Waals surface area contributed by atoms with E-state index < -0.39 is 28.7 Å². The zero-order valence-corrected chi connectivity index (χ0v) is 35.3. The Kier molecular flexibility index (Phi) is 10.5. The molecule has 0 aliphatic rings. The molecule has 0 unspecified atom stereocenters. The van der Waals surface area contributed by atoms with E-state index in [1.807, 2.05) is 144 Å². The van der Waals surface area contributed by atoms with Crippen LogP contribution in [-0.2, 0) is 26.5 Å². The molecule has 0 saturated heterocycles. The Morgan fingerprint density at radius 1 is 0.468 bits per heavy atom. The van der Waals surface area contributed by atoms with E-state index in [1.165, 1.54) is 0 Å². The van der Waals surface area contributed by atoms with E-state index in [2.05, 4.69) is 12.1 Å². The molecule has 0 amide bonds. The molecule has 0 spiro atoms. The number of nitrogens with zero attached hydrogens (tertiary/aromatic N) is 6. The molecule has 11 heteroatoms. The molecule has 0 N–H and O–H groups in total. The Balaban J connectivity index is 0.00000490. The number of rotatable bonds is 8. The van der Waals surface area contributed by atoms with E-state index in [0.29, 0.717) is 34.4 Å². The normalized spacial score (nSPS) is 11.6. The van der Waals surface area contributed by atoms with Crippen molar-refractivity contribution in [1.29, 1.82) is 0 Å². The van der Waals surface area contributed by atoms with Crippen molar-refractivity contribution in [2.45, 2.75) is 19.3 Å². The standard InChI is InChI=1S/C51H32F4N6.Pt/c1-51(2,47-29-35(27-43(56-47)37-23-21-33(52)25-39(37)54)60-45-19-11-9-17-41(45)58-49(60)31-13-5-3-6-14-31)48-30-36(28-44(57-48)38-24-22-34(53)26-40(38)55)61-46-20-12-10-18-42(46)59-50(61)32-15-7-4-8-16-32;/h3-22,25-30H,1-2H3;/q-2;+2. The molecule has 6 aromatic carbocycles. The molecule has 0 fully saturated rings. The summed E-state index contributed by atoms with van der Waals surface area (Å²) in [6.07, 6.45) is 0. The Bertz CT molecular complexity index is 3070. The van der Waals surface area contributed by atoms with E-state index in [4.69, 9.17) is 19.9 Å². The first kappa shape index (κ1) is 40.4. The number of aromatic nitrogens is 6. The molecule has 4 aromatic heterocycles. The van der Waals surface area contributed by atoms with Crippen molar-refractivity contribution >= 4 is 22.1 Å². The largest absolute Gasteiger partial charge is 2.00 e. The van der Waals surface area contributed by atoms with Gasteiger partial charge in [-0.3, -0.25) is 26.7 Å². The maximum Gasteiger partial charge on any atom is 2.00 e. The smallest absolute Gasteiger partial charge is 0.300 e. The van der Waals surface area contributed by atoms with Crippen molar-refractivity contribution in [3.63, 3.8) is 0 Å². The van der Waals surface area contributed by atoms with E-state index in [0.717, 1.165) is 57.5 Å². The van der Waals surface area contributed by atoms with Crippen molar-refractivity contribution in [3.8, 4) is 56.7 Å². The third-order valence-corrected chi connectivity index (χ3v) is 10.8. The van der Waals surface area contributed by atoms with Gasteiger partial charge in [0.1, 0.15) is 11.6 Å². The fraction of sp³-hybridized carbons (Fsp3) is 0.0588. The van der Waals surface area contributed by atoms with Gasteiger partial charge in [0.15, 0.2) is 0 Å². The molecule has 0 radical (unpaired) electrons. The van der Waals surface area contributed by atoms with Crippen molar-refractivity contribution < 1.29 is 38.6 Å². The molecule has 4 heterocycles. The van der Waals surface area contributed by atoms with E-state index in [-0.39, 0.29) is 43.6 Å². The zero-order valence-electron chi connectivity index (χ0n) is 33.0. The van der Waals surface area contributed by atoms with Crippen molar-refractivity contribution in [2.75, 3.05) is 0 Å². The fourth-order valence-electron chi connectivity index (χ4n) is 7.74. The van der Waals surface area contributed by atoms with Gasteiger partial charge in [-0.2, -0.15) is 0 Å². The van der Waals surface area contributed by atoms with Crippen LogP contribution in [0.25, 0.3) is 78.7 Å². The second-order valence-electron chi connectivity index (χ2n) is 15.1. The Morgan fingerprint density at radius 3 is 1.26 bits per heavy atom. The van der Waals surface area contributed by atoms with Crippen LogP contribution in [-0.4, -0.2) is 29.1 Å². The Morgan fingerprint density at radius 2 is 0.855 bits per heavy atom. The third-order valence-electron chi connectivity index (χ3n) is 10.8. The topological polar surface area (TPSA) is 61.4 Å². The van der Waals surface area contributed by atoms with Crippen molar-refractivity contribution in [1.82, 2.24) is 29.1 Å². The van der Waals surface area contributed by atoms with Crippen LogP contribution >= 0.6 is 0 Å². The Hall–Kier alpha value is -7.03. The first-order valence-electron chi connectivity index (χ1n) is 19.5. The summed E-state index contributed by atoms with van der Waals surface area (Å²) in [6.45, 7) is 3.84. The maximum absolute atomic E-state index is 15.8. The minimum Gasteiger partial charge on any atom is -0.300 e. The number of benzene rings is 6. The van der Waals surface area contributed by atoms with E-state index in [1.54, 1.807) is 12.1 Å². The number of para-hydroxylation sites is 4. The monoisotopic (exact) mass is 999 g/mol. The van der Waals surface area contributed by atoms with Gasteiger partial charge in [-0.1, -0.05) is 120 Å². The summed E-state index contributed by atoms with van der Waals surface area (Å²) < 4.78 is 64.1. The predicted molar refractivity (Wildman–Crippen MR) is 229 cm³/mol. The molecule has 0 bridgehead atoms. The van der Waals surface area contributed by atoms with Crippen LogP contribution in [0.2, 0.25) is 0 Å². The molecule has 0 saturated carbocycles. The molecular weight excluding hydrogens is 968 g/mol. The van der Waals surface area contributed by atoms with Gasteiger partial charge in [-0.05, 0) is 61.6 Å². The zero-order chi connectivity index (χ0) is 41.8. The minimum absolute atomic E-state index is 0. The van der Waals surface area contributed by atoms with Gasteiger partial charge in [-0.15, -0.1) is 24.3 Å². The number of fused-ring (bicyclic) bond motifs is 2. The van der Waals surface area contributed by atoms with Crippen LogP contribution in [0.15, 0.2) is 158 Å². The summed E-state index contributed by atoms with van der Waals surface area (Å²) in [4.78, 5) is 20.2. The van der Waals surface area contributed by atoms with E-state index in [9.17, 15) is 8.78 Å². The van der Waals surface area contributed by atoms with Gasteiger partial charge < -0.3 is 9.97 Å². The molecule has 6 nitrogen and oxygen atoms in total. The summed E-state index contributed by atoms with van der Waals surface area (Å²) in [6, 6.07) is 51.4. The summed E-state index contributed by atoms with van der Waals surface area (Å²) in [7, 11) is 0. The quantitative estimate of drug-likeness (QED) is 0.112. The van der Waals surface area contributed by atoms with Gasteiger partial charge in [0, 0.05) is 62.6 Å². The van der Waals surface area contributed by atoms with Crippen LogP contribution in [0.1, 0.15) is 25.2 Å². The number of pyridine rings is 2. The molecule has 0 aliphatic heterocycles. The molecular formula is C51H32F4N6Pt. The van der Waals surface area contributed by atoms with Gasteiger partial charge >= 0.3 is 21.1 Å².